The van der Waals surface area contributed by atoms with Crippen LogP contribution in [0.3, 0.4) is 0 Å². The molecule has 5 heteroatoms. The molecule has 0 aliphatic carbocycles. The zero-order chi connectivity index (χ0) is 15.4. The average molecular weight is 352 g/mol. The van der Waals surface area contributed by atoms with Gasteiger partial charge in [0.15, 0.2) is 0 Å². The topological polar surface area (TPSA) is 37.8 Å². The minimum atomic E-state index is -0.183. The van der Waals surface area contributed by atoms with Gasteiger partial charge in [-0.05, 0) is 62.2 Å². The van der Waals surface area contributed by atoms with Crippen LogP contribution in [0.4, 0.5) is 4.39 Å². The first-order valence-electron chi connectivity index (χ1n) is 6.99. The minimum Gasteiger partial charge on any atom is -0.310 e. The summed E-state index contributed by atoms with van der Waals surface area (Å²) in [6.45, 7) is 6.70. The zero-order valence-electron chi connectivity index (χ0n) is 12.5. The molecule has 21 heavy (non-hydrogen) atoms. The number of rotatable bonds is 5. The van der Waals surface area contributed by atoms with E-state index in [0.717, 1.165) is 28.0 Å². The van der Waals surface area contributed by atoms with Gasteiger partial charge in [-0.25, -0.2) is 4.39 Å². The van der Waals surface area contributed by atoms with Gasteiger partial charge < -0.3 is 5.32 Å². The first-order chi connectivity index (χ1) is 10.0. The maximum atomic E-state index is 14.0. The first-order valence-corrected chi connectivity index (χ1v) is 7.78. The highest BCUT2D eigenvalue weighted by atomic mass is 79.9. The third-order valence-corrected chi connectivity index (χ3v) is 3.89. The van der Waals surface area contributed by atoms with E-state index in [4.69, 9.17) is 0 Å². The molecule has 1 aromatic carbocycles. The second-order valence-corrected chi connectivity index (χ2v) is 5.99. The molecule has 1 N–H and O–H groups in total. The standard InChI is InChI=1S/C16H19BrFN3/c1-4-19-16(14-7-10(2)20-21-11(14)3)9-12-8-13(17)5-6-15(12)18/h5-8,16,19H,4,9H2,1-3H3. The van der Waals surface area contributed by atoms with Gasteiger partial charge in [0, 0.05) is 10.5 Å². The van der Waals surface area contributed by atoms with E-state index in [9.17, 15) is 4.39 Å². The fourth-order valence-electron chi connectivity index (χ4n) is 2.38. The smallest absolute Gasteiger partial charge is 0.126 e. The second-order valence-electron chi connectivity index (χ2n) is 5.08. The largest absolute Gasteiger partial charge is 0.310 e. The Labute approximate surface area is 133 Å². The Kier molecular flexibility index (Phi) is 5.42. The van der Waals surface area contributed by atoms with Gasteiger partial charge in [-0.1, -0.05) is 22.9 Å². The molecule has 1 unspecified atom stereocenters. The number of nitrogens with one attached hydrogen (secondary N) is 1. The summed E-state index contributed by atoms with van der Waals surface area (Å²) in [5.41, 5.74) is 3.50. The predicted octanol–water partition coefficient (Wildman–Crippen LogP) is 3.89. The fourth-order valence-corrected chi connectivity index (χ4v) is 2.79. The molecule has 1 heterocycles. The van der Waals surface area contributed by atoms with Crippen LogP contribution in [0, 0.1) is 19.7 Å². The van der Waals surface area contributed by atoms with E-state index < -0.39 is 0 Å². The molecule has 1 aromatic heterocycles. The van der Waals surface area contributed by atoms with Gasteiger partial charge in [-0.2, -0.15) is 10.2 Å². The average Bonchev–Trinajstić information content (AvgIpc) is 2.45. The lowest BCUT2D eigenvalue weighted by atomic mass is 9.97. The number of halogens is 2. The number of hydrogen-bond donors (Lipinski definition) is 1. The quantitative estimate of drug-likeness (QED) is 0.887. The third-order valence-electron chi connectivity index (χ3n) is 3.40. The van der Waals surface area contributed by atoms with Crippen LogP contribution in [0.25, 0.3) is 0 Å². The molecule has 2 rings (SSSR count). The Morgan fingerprint density at radius 1 is 1.24 bits per heavy atom. The number of benzene rings is 1. The number of aryl methyl sites for hydroxylation is 2. The van der Waals surface area contributed by atoms with Crippen LogP contribution in [0.5, 0.6) is 0 Å². The molecule has 0 bridgehead atoms. The molecule has 0 aliphatic rings. The van der Waals surface area contributed by atoms with Crippen LogP contribution in [0.15, 0.2) is 28.7 Å². The SMILES string of the molecule is CCNC(Cc1cc(Br)ccc1F)c1cc(C)nnc1C. The third kappa shape index (κ3) is 4.08. The lowest BCUT2D eigenvalue weighted by Gasteiger charge is -2.20. The molecule has 0 amide bonds. The van der Waals surface area contributed by atoms with Crippen molar-refractivity contribution in [2.75, 3.05) is 6.54 Å². The highest BCUT2D eigenvalue weighted by Gasteiger charge is 2.17. The first kappa shape index (κ1) is 16.0. The summed E-state index contributed by atoms with van der Waals surface area (Å²) >= 11 is 3.40. The number of nitrogens with zero attached hydrogens (tertiary/aromatic N) is 2. The summed E-state index contributed by atoms with van der Waals surface area (Å²) in [6, 6.07) is 7.07. The maximum absolute atomic E-state index is 14.0. The van der Waals surface area contributed by atoms with Gasteiger partial charge in [-0.3, -0.25) is 0 Å². The van der Waals surface area contributed by atoms with Gasteiger partial charge in [0.05, 0.1) is 11.4 Å². The minimum absolute atomic E-state index is 0.0213. The van der Waals surface area contributed by atoms with Crippen molar-refractivity contribution in [3.05, 3.63) is 57.1 Å². The van der Waals surface area contributed by atoms with Crippen LogP contribution < -0.4 is 5.32 Å². The van der Waals surface area contributed by atoms with Gasteiger partial charge in [-0.15, -0.1) is 0 Å². The maximum Gasteiger partial charge on any atom is 0.126 e. The fraction of sp³-hybridized carbons (Fsp3) is 0.375. The summed E-state index contributed by atoms with van der Waals surface area (Å²) in [7, 11) is 0. The number of likely N-dealkylation sites (N-methyl/N-ethyl adjacent to an activating group) is 1. The van der Waals surface area contributed by atoms with E-state index in [1.54, 1.807) is 6.07 Å². The van der Waals surface area contributed by atoms with Crippen LogP contribution in [0.1, 0.15) is 35.5 Å². The summed E-state index contributed by atoms with van der Waals surface area (Å²) in [5.74, 6) is -0.183. The molecule has 2 aromatic rings. The van der Waals surface area contributed by atoms with Crippen LogP contribution >= 0.6 is 15.9 Å². The van der Waals surface area contributed by atoms with E-state index in [1.807, 2.05) is 32.9 Å². The number of hydrogen-bond acceptors (Lipinski definition) is 3. The van der Waals surface area contributed by atoms with E-state index in [2.05, 4.69) is 31.4 Å². The Balaban J connectivity index is 2.35. The molecule has 0 saturated carbocycles. The molecule has 0 spiro atoms. The Morgan fingerprint density at radius 2 is 2.00 bits per heavy atom. The molecule has 1 atom stereocenters. The monoisotopic (exact) mass is 351 g/mol. The van der Waals surface area contributed by atoms with Crippen molar-refractivity contribution < 1.29 is 4.39 Å². The van der Waals surface area contributed by atoms with Gasteiger partial charge in [0.1, 0.15) is 5.82 Å². The molecule has 112 valence electrons. The van der Waals surface area contributed by atoms with Crippen LogP contribution in [-0.2, 0) is 6.42 Å². The van der Waals surface area contributed by atoms with Gasteiger partial charge in [0.2, 0.25) is 0 Å². The van der Waals surface area contributed by atoms with Gasteiger partial charge >= 0.3 is 0 Å². The van der Waals surface area contributed by atoms with E-state index in [0.29, 0.717) is 12.0 Å². The number of aromatic nitrogens is 2. The van der Waals surface area contributed by atoms with Crippen molar-refractivity contribution in [2.45, 2.75) is 33.2 Å². The van der Waals surface area contributed by atoms with E-state index >= 15 is 0 Å². The van der Waals surface area contributed by atoms with Crippen molar-refractivity contribution in [2.24, 2.45) is 0 Å². The molecule has 0 saturated heterocycles. The summed E-state index contributed by atoms with van der Waals surface area (Å²) in [4.78, 5) is 0. The molecule has 0 aliphatic heterocycles. The molecular formula is C16H19BrFN3. The normalized spacial score (nSPS) is 12.4. The molecular weight excluding hydrogens is 333 g/mol. The molecule has 0 fully saturated rings. The van der Waals surface area contributed by atoms with Gasteiger partial charge in [0.25, 0.3) is 0 Å². The molecule has 3 nitrogen and oxygen atoms in total. The van der Waals surface area contributed by atoms with Crippen molar-refractivity contribution in [3.63, 3.8) is 0 Å². The van der Waals surface area contributed by atoms with E-state index in [1.165, 1.54) is 6.07 Å². The Hall–Kier alpha value is -1.33. The Bertz CT molecular complexity index is 631. The summed E-state index contributed by atoms with van der Waals surface area (Å²) in [6.07, 6.45) is 0.574. The van der Waals surface area contributed by atoms with Crippen molar-refractivity contribution in [1.29, 1.82) is 0 Å². The lowest BCUT2D eigenvalue weighted by Crippen LogP contribution is -2.24. The van der Waals surface area contributed by atoms with Crippen molar-refractivity contribution >= 4 is 15.9 Å². The molecule has 0 radical (unpaired) electrons. The van der Waals surface area contributed by atoms with Crippen LogP contribution in [0.2, 0.25) is 0 Å². The van der Waals surface area contributed by atoms with E-state index in [-0.39, 0.29) is 11.9 Å². The summed E-state index contributed by atoms with van der Waals surface area (Å²) < 4.78 is 14.9. The van der Waals surface area contributed by atoms with Crippen molar-refractivity contribution in [1.82, 2.24) is 15.5 Å². The highest BCUT2D eigenvalue weighted by Crippen LogP contribution is 2.24. The Morgan fingerprint density at radius 3 is 2.71 bits per heavy atom. The predicted molar refractivity (Wildman–Crippen MR) is 85.7 cm³/mol. The summed E-state index contributed by atoms with van der Waals surface area (Å²) in [5, 5.41) is 11.6. The second kappa shape index (κ2) is 7.09. The highest BCUT2D eigenvalue weighted by molar-refractivity contribution is 9.10. The zero-order valence-corrected chi connectivity index (χ0v) is 14.0. The lowest BCUT2D eigenvalue weighted by molar-refractivity contribution is 0.522. The van der Waals surface area contributed by atoms with Crippen LogP contribution in [-0.4, -0.2) is 16.7 Å². The van der Waals surface area contributed by atoms with Crippen molar-refractivity contribution in [3.8, 4) is 0 Å².